The molecule has 0 saturated heterocycles. The molecular formula is C14H22N2O2. The van der Waals surface area contributed by atoms with Crippen LogP contribution in [0.1, 0.15) is 24.5 Å². The molecule has 1 amide bonds. The molecule has 100 valence electrons. The lowest BCUT2D eigenvalue weighted by atomic mass is 10.0. The van der Waals surface area contributed by atoms with Crippen molar-refractivity contribution in [1.82, 2.24) is 0 Å². The van der Waals surface area contributed by atoms with E-state index in [0.29, 0.717) is 6.54 Å². The molecule has 1 aromatic carbocycles. The quantitative estimate of drug-likeness (QED) is 0.842. The Morgan fingerprint density at radius 2 is 2.06 bits per heavy atom. The number of methoxy groups -OCH3 is 1. The Kier molecular flexibility index (Phi) is 5.16. The zero-order chi connectivity index (χ0) is 13.7. The van der Waals surface area contributed by atoms with Gasteiger partial charge >= 0.3 is 0 Å². The van der Waals surface area contributed by atoms with Gasteiger partial charge in [-0.25, -0.2) is 0 Å². The zero-order valence-corrected chi connectivity index (χ0v) is 11.5. The predicted molar refractivity (Wildman–Crippen MR) is 73.9 cm³/mol. The molecule has 1 atom stereocenters. The second-order valence-electron chi connectivity index (χ2n) is 4.40. The minimum absolute atomic E-state index is 0.0207. The molecule has 0 heterocycles. The van der Waals surface area contributed by atoms with E-state index in [1.807, 2.05) is 32.9 Å². The summed E-state index contributed by atoms with van der Waals surface area (Å²) >= 11 is 0. The van der Waals surface area contributed by atoms with Gasteiger partial charge in [-0.15, -0.1) is 0 Å². The Morgan fingerprint density at radius 1 is 1.39 bits per heavy atom. The zero-order valence-electron chi connectivity index (χ0n) is 11.5. The molecular weight excluding hydrogens is 228 g/mol. The molecule has 0 radical (unpaired) electrons. The van der Waals surface area contributed by atoms with Crippen LogP contribution in [0.25, 0.3) is 0 Å². The third-order valence-corrected chi connectivity index (χ3v) is 3.36. The van der Waals surface area contributed by atoms with Gasteiger partial charge in [0.25, 0.3) is 0 Å². The normalized spacial score (nSPS) is 12.1. The van der Waals surface area contributed by atoms with Crippen molar-refractivity contribution >= 4 is 11.6 Å². The number of nitrogens with two attached hydrogens (primary N) is 1. The molecule has 1 rings (SSSR count). The number of rotatable bonds is 5. The average molecular weight is 250 g/mol. The fourth-order valence-electron chi connectivity index (χ4n) is 1.85. The number of amides is 1. The highest BCUT2D eigenvalue weighted by Crippen LogP contribution is 2.27. The second-order valence-corrected chi connectivity index (χ2v) is 4.40. The van der Waals surface area contributed by atoms with Gasteiger partial charge in [-0.1, -0.05) is 6.92 Å². The Bertz CT molecular complexity index is 426. The summed E-state index contributed by atoms with van der Waals surface area (Å²) in [6.07, 6.45) is 0.747. The van der Waals surface area contributed by atoms with Crippen molar-refractivity contribution in [2.24, 2.45) is 11.7 Å². The summed E-state index contributed by atoms with van der Waals surface area (Å²) in [7, 11) is 1.64. The maximum absolute atomic E-state index is 12.0. The van der Waals surface area contributed by atoms with Crippen molar-refractivity contribution in [2.45, 2.75) is 27.2 Å². The molecule has 0 aliphatic heterocycles. The van der Waals surface area contributed by atoms with Crippen LogP contribution in [0.4, 0.5) is 5.69 Å². The van der Waals surface area contributed by atoms with E-state index in [0.717, 1.165) is 29.0 Å². The van der Waals surface area contributed by atoms with Gasteiger partial charge in [-0.2, -0.15) is 0 Å². The number of benzene rings is 1. The van der Waals surface area contributed by atoms with Crippen molar-refractivity contribution < 1.29 is 9.53 Å². The molecule has 1 unspecified atom stereocenters. The molecule has 0 aromatic heterocycles. The van der Waals surface area contributed by atoms with Crippen molar-refractivity contribution in [1.29, 1.82) is 0 Å². The van der Waals surface area contributed by atoms with Crippen LogP contribution >= 0.6 is 0 Å². The fourth-order valence-corrected chi connectivity index (χ4v) is 1.85. The summed E-state index contributed by atoms with van der Waals surface area (Å²) in [5.41, 5.74) is 8.46. The van der Waals surface area contributed by atoms with Crippen molar-refractivity contribution in [3.8, 4) is 5.75 Å². The summed E-state index contributed by atoms with van der Waals surface area (Å²) in [5.74, 6) is 0.677. The Balaban J connectivity index is 2.92. The summed E-state index contributed by atoms with van der Waals surface area (Å²) in [5, 5.41) is 2.93. The molecule has 1 aromatic rings. The summed E-state index contributed by atoms with van der Waals surface area (Å²) in [4.78, 5) is 12.0. The highest BCUT2D eigenvalue weighted by Gasteiger charge is 2.16. The summed E-state index contributed by atoms with van der Waals surface area (Å²) in [6.45, 7) is 6.28. The first-order chi connectivity index (χ1) is 8.54. The van der Waals surface area contributed by atoms with Crippen LogP contribution in [-0.2, 0) is 4.79 Å². The number of hydrogen-bond acceptors (Lipinski definition) is 3. The van der Waals surface area contributed by atoms with Gasteiger partial charge in [0.05, 0.1) is 13.0 Å². The lowest BCUT2D eigenvalue weighted by Gasteiger charge is -2.16. The minimum atomic E-state index is -0.133. The van der Waals surface area contributed by atoms with Crippen molar-refractivity contribution in [3.05, 3.63) is 23.3 Å². The van der Waals surface area contributed by atoms with Crippen LogP contribution < -0.4 is 15.8 Å². The van der Waals surface area contributed by atoms with Gasteiger partial charge in [0.2, 0.25) is 5.91 Å². The van der Waals surface area contributed by atoms with Crippen molar-refractivity contribution in [2.75, 3.05) is 19.0 Å². The Labute approximate surface area is 109 Å². The van der Waals surface area contributed by atoms with Crippen LogP contribution in [0, 0.1) is 19.8 Å². The first-order valence-corrected chi connectivity index (χ1v) is 6.20. The first kappa shape index (κ1) is 14.5. The van der Waals surface area contributed by atoms with Gasteiger partial charge in [0.1, 0.15) is 5.75 Å². The van der Waals surface area contributed by atoms with E-state index in [1.54, 1.807) is 7.11 Å². The molecule has 0 aliphatic carbocycles. The van der Waals surface area contributed by atoms with Crippen molar-refractivity contribution in [3.63, 3.8) is 0 Å². The smallest absolute Gasteiger partial charge is 0.228 e. The SMILES string of the molecule is CCC(CN)C(=O)Nc1ccc(OC)c(C)c1C. The van der Waals surface area contributed by atoms with E-state index in [-0.39, 0.29) is 11.8 Å². The van der Waals surface area contributed by atoms with Gasteiger partial charge in [0.15, 0.2) is 0 Å². The van der Waals surface area contributed by atoms with Crippen LogP contribution in [0.3, 0.4) is 0 Å². The minimum Gasteiger partial charge on any atom is -0.496 e. The van der Waals surface area contributed by atoms with Gasteiger partial charge < -0.3 is 15.8 Å². The highest BCUT2D eigenvalue weighted by atomic mass is 16.5. The number of carbonyl (C=O) groups is 1. The Morgan fingerprint density at radius 3 is 2.56 bits per heavy atom. The highest BCUT2D eigenvalue weighted by molar-refractivity contribution is 5.93. The lowest BCUT2D eigenvalue weighted by Crippen LogP contribution is -2.28. The van der Waals surface area contributed by atoms with E-state index >= 15 is 0 Å². The topological polar surface area (TPSA) is 64.4 Å². The summed E-state index contributed by atoms with van der Waals surface area (Å²) < 4.78 is 5.24. The maximum atomic E-state index is 12.0. The number of ether oxygens (including phenoxy) is 1. The molecule has 0 aliphatic rings. The number of nitrogens with one attached hydrogen (secondary N) is 1. The molecule has 0 spiro atoms. The van der Waals surface area contributed by atoms with E-state index in [4.69, 9.17) is 10.5 Å². The third-order valence-electron chi connectivity index (χ3n) is 3.36. The van der Waals surface area contributed by atoms with E-state index in [9.17, 15) is 4.79 Å². The fraction of sp³-hybridized carbons (Fsp3) is 0.500. The molecule has 0 saturated carbocycles. The van der Waals surface area contributed by atoms with Gasteiger partial charge in [-0.3, -0.25) is 4.79 Å². The van der Waals surface area contributed by atoms with E-state index in [1.165, 1.54) is 0 Å². The standard InChI is InChI=1S/C14H22N2O2/c1-5-11(8-15)14(17)16-12-6-7-13(18-4)10(3)9(12)2/h6-7,11H,5,8,15H2,1-4H3,(H,16,17). The van der Waals surface area contributed by atoms with Gasteiger partial charge in [-0.05, 0) is 43.5 Å². The van der Waals surface area contributed by atoms with Crippen LogP contribution in [-0.4, -0.2) is 19.6 Å². The monoisotopic (exact) mass is 250 g/mol. The third kappa shape index (κ3) is 3.01. The molecule has 18 heavy (non-hydrogen) atoms. The summed E-state index contributed by atoms with van der Waals surface area (Å²) in [6, 6.07) is 3.73. The van der Waals surface area contributed by atoms with Crippen LogP contribution in [0.2, 0.25) is 0 Å². The molecule has 0 bridgehead atoms. The number of carbonyl (C=O) groups excluding carboxylic acids is 1. The number of hydrogen-bond donors (Lipinski definition) is 2. The lowest BCUT2D eigenvalue weighted by molar-refractivity contribution is -0.119. The van der Waals surface area contributed by atoms with Crippen LogP contribution in [0.15, 0.2) is 12.1 Å². The number of anilines is 1. The molecule has 4 heteroatoms. The predicted octanol–water partition coefficient (Wildman–Crippen LogP) is 2.24. The molecule has 3 N–H and O–H groups in total. The maximum Gasteiger partial charge on any atom is 0.228 e. The largest absolute Gasteiger partial charge is 0.496 e. The second kappa shape index (κ2) is 6.40. The average Bonchev–Trinajstić information content (AvgIpc) is 2.37. The first-order valence-electron chi connectivity index (χ1n) is 6.20. The van der Waals surface area contributed by atoms with Crippen LogP contribution in [0.5, 0.6) is 5.75 Å². The molecule has 4 nitrogen and oxygen atoms in total. The Hall–Kier alpha value is -1.55. The van der Waals surface area contributed by atoms with Gasteiger partial charge in [0, 0.05) is 12.2 Å². The van der Waals surface area contributed by atoms with E-state index < -0.39 is 0 Å². The molecule has 0 fully saturated rings. The van der Waals surface area contributed by atoms with E-state index in [2.05, 4.69) is 5.32 Å².